The second-order valence-electron chi connectivity index (χ2n) is 5.03. The van der Waals surface area contributed by atoms with Gasteiger partial charge in [0.2, 0.25) is 5.89 Å². The van der Waals surface area contributed by atoms with Gasteiger partial charge < -0.3 is 9.26 Å². The van der Waals surface area contributed by atoms with Crippen molar-refractivity contribution in [3.63, 3.8) is 0 Å². The van der Waals surface area contributed by atoms with E-state index in [2.05, 4.69) is 20.0 Å². The Morgan fingerprint density at radius 2 is 2.10 bits per heavy atom. The van der Waals surface area contributed by atoms with E-state index >= 15 is 0 Å². The molecule has 0 N–H and O–H groups in total. The van der Waals surface area contributed by atoms with Crippen LogP contribution in [-0.2, 0) is 24.4 Å². The highest BCUT2D eigenvalue weighted by molar-refractivity contribution is 5.10. The van der Waals surface area contributed by atoms with Crippen molar-refractivity contribution in [3.8, 4) is 0 Å². The number of methoxy groups -OCH3 is 1. The summed E-state index contributed by atoms with van der Waals surface area (Å²) in [5.41, 5.74) is 1.25. The van der Waals surface area contributed by atoms with Gasteiger partial charge in [0.25, 0.3) is 0 Å². The third kappa shape index (κ3) is 3.40. The van der Waals surface area contributed by atoms with Crippen LogP contribution in [0.25, 0.3) is 0 Å². The number of hydrogen-bond donors (Lipinski definition) is 0. The van der Waals surface area contributed by atoms with Crippen molar-refractivity contribution in [2.45, 2.75) is 38.6 Å². The Bertz CT molecular complexity index is 539. The Hall–Kier alpha value is -1.79. The zero-order valence-electron chi connectivity index (χ0n) is 11.5. The molecule has 0 amide bonds. The first-order chi connectivity index (χ1) is 9.85. The molecule has 0 unspecified atom stereocenters. The summed E-state index contributed by atoms with van der Waals surface area (Å²) in [4.78, 5) is 10.8. The minimum absolute atomic E-state index is 0.386. The lowest BCUT2D eigenvalue weighted by atomic mass is 10.2. The van der Waals surface area contributed by atoms with Gasteiger partial charge in [0.1, 0.15) is 6.61 Å². The summed E-state index contributed by atoms with van der Waals surface area (Å²) in [6.07, 6.45) is 6.13. The van der Waals surface area contributed by atoms with Crippen molar-refractivity contribution in [1.82, 2.24) is 20.0 Å². The molecule has 0 radical (unpaired) electrons. The molecule has 2 aromatic rings. The molecule has 1 saturated carbocycles. The van der Waals surface area contributed by atoms with Crippen LogP contribution >= 0.6 is 0 Å². The largest absolute Gasteiger partial charge is 0.377 e. The third-order valence-corrected chi connectivity index (χ3v) is 3.32. The average Bonchev–Trinajstić information content (AvgIpc) is 3.22. The maximum atomic E-state index is 5.27. The number of pyridine rings is 1. The molecule has 3 rings (SSSR count). The fourth-order valence-electron chi connectivity index (χ4n) is 2.19. The zero-order valence-corrected chi connectivity index (χ0v) is 11.5. The summed E-state index contributed by atoms with van der Waals surface area (Å²) >= 11 is 0. The lowest BCUT2D eigenvalue weighted by molar-refractivity contribution is 0.174. The molecule has 6 heteroatoms. The Labute approximate surface area is 117 Å². The van der Waals surface area contributed by atoms with Crippen molar-refractivity contribution in [1.29, 1.82) is 0 Å². The van der Waals surface area contributed by atoms with E-state index in [1.807, 2.05) is 24.5 Å². The van der Waals surface area contributed by atoms with E-state index in [1.165, 1.54) is 18.4 Å². The Balaban J connectivity index is 1.65. The summed E-state index contributed by atoms with van der Waals surface area (Å²) in [6, 6.07) is 4.71. The molecule has 1 fully saturated rings. The van der Waals surface area contributed by atoms with E-state index in [0.29, 0.717) is 30.9 Å². The zero-order chi connectivity index (χ0) is 13.8. The number of nitrogens with zero attached hydrogens (tertiary/aromatic N) is 4. The first-order valence-corrected chi connectivity index (χ1v) is 6.78. The Morgan fingerprint density at radius 1 is 1.30 bits per heavy atom. The highest BCUT2D eigenvalue weighted by Crippen LogP contribution is 2.29. The van der Waals surface area contributed by atoms with Gasteiger partial charge in [-0.15, -0.1) is 0 Å². The fraction of sp³-hybridized carbons (Fsp3) is 0.500. The van der Waals surface area contributed by atoms with Crippen LogP contribution in [0, 0.1) is 0 Å². The molecule has 1 aliphatic rings. The molecule has 2 aromatic heterocycles. The molecule has 2 heterocycles. The van der Waals surface area contributed by atoms with Gasteiger partial charge >= 0.3 is 0 Å². The average molecular weight is 274 g/mol. The molecule has 0 aliphatic heterocycles. The van der Waals surface area contributed by atoms with Crippen molar-refractivity contribution < 1.29 is 9.26 Å². The van der Waals surface area contributed by atoms with E-state index in [9.17, 15) is 0 Å². The molecule has 0 saturated heterocycles. The predicted molar refractivity (Wildman–Crippen MR) is 71.5 cm³/mol. The number of ether oxygens (including phenoxy) is 1. The second kappa shape index (κ2) is 6.11. The van der Waals surface area contributed by atoms with Crippen molar-refractivity contribution >= 4 is 0 Å². The first-order valence-electron chi connectivity index (χ1n) is 6.78. The van der Waals surface area contributed by atoms with Gasteiger partial charge in [0, 0.05) is 32.1 Å². The SMILES string of the molecule is COCc1noc(CN(Cc2ccncc2)C2CC2)n1. The maximum Gasteiger partial charge on any atom is 0.240 e. The molecule has 6 nitrogen and oxygen atoms in total. The van der Waals surface area contributed by atoms with Crippen LogP contribution in [0.1, 0.15) is 30.1 Å². The standard InChI is InChI=1S/C14H18N4O2/c1-19-10-13-16-14(20-17-13)9-18(12-2-3-12)8-11-4-6-15-7-5-11/h4-7,12H,2-3,8-10H2,1H3. The van der Waals surface area contributed by atoms with Gasteiger partial charge in [-0.1, -0.05) is 5.16 Å². The van der Waals surface area contributed by atoms with Crippen molar-refractivity contribution in [2.75, 3.05) is 7.11 Å². The van der Waals surface area contributed by atoms with Crippen LogP contribution in [0.3, 0.4) is 0 Å². The summed E-state index contributed by atoms with van der Waals surface area (Å²) in [7, 11) is 1.62. The second-order valence-corrected chi connectivity index (χ2v) is 5.03. The molecule has 0 atom stereocenters. The molecule has 0 bridgehead atoms. The number of hydrogen-bond acceptors (Lipinski definition) is 6. The molecule has 106 valence electrons. The minimum atomic E-state index is 0.386. The van der Waals surface area contributed by atoms with E-state index in [4.69, 9.17) is 9.26 Å². The van der Waals surface area contributed by atoms with E-state index in [-0.39, 0.29) is 0 Å². The van der Waals surface area contributed by atoms with Crippen molar-refractivity contribution in [3.05, 3.63) is 41.8 Å². The topological polar surface area (TPSA) is 64.3 Å². The molecular weight excluding hydrogens is 256 g/mol. The van der Waals surface area contributed by atoms with Crippen molar-refractivity contribution in [2.24, 2.45) is 0 Å². The highest BCUT2D eigenvalue weighted by Gasteiger charge is 2.30. The van der Waals surface area contributed by atoms with Crippen LogP contribution in [0.4, 0.5) is 0 Å². The smallest absolute Gasteiger partial charge is 0.240 e. The third-order valence-electron chi connectivity index (χ3n) is 3.32. The Morgan fingerprint density at radius 3 is 2.80 bits per heavy atom. The van der Waals surface area contributed by atoms with Gasteiger partial charge in [-0.2, -0.15) is 4.98 Å². The molecule has 0 spiro atoms. The Kier molecular flexibility index (Phi) is 4.03. The van der Waals surface area contributed by atoms with Gasteiger partial charge in [0.15, 0.2) is 5.82 Å². The molecule has 0 aromatic carbocycles. The summed E-state index contributed by atoms with van der Waals surface area (Å²) in [5.74, 6) is 1.25. The fourth-order valence-corrected chi connectivity index (χ4v) is 2.19. The maximum absolute atomic E-state index is 5.27. The van der Waals surface area contributed by atoms with Gasteiger partial charge in [-0.3, -0.25) is 9.88 Å². The van der Waals surface area contributed by atoms with E-state index in [1.54, 1.807) is 7.11 Å². The monoisotopic (exact) mass is 274 g/mol. The first kappa shape index (κ1) is 13.2. The lowest BCUT2D eigenvalue weighted by Gasteiger charge is -2.19. The van der Waals surface area contributed by atoms with Crippen LogP contribution in [0.15, 0.2) is 29.0 Å². The normalized spacial score (nSPS) is 14.9. The highest BCUT2D eigenvalue weighted by atomic mass is 16.5. The molecule has 20 heavy (non-hydrogen) atoms. The number of aromatic nitrogens is 3. The quantitative estimate of drug-likeness (QED) is 0.766. The molecular formula is C14H18N4O2. The van der Waals surface area contributed by atoms with Gasteiger partial charge in [-0.05, 0) is 30.5 Å². The number of rotatable bonds is 7. The lowest BCUT2D eigenvalue weighted by Crippen LogP contribution is -2.25. The van der Waals surface area contributed by atoms with Gasteiger partial charge in [0.05, 0.1) is 6.54 Å². The molecule has 1 aliphatic carbocycles. The van der Waals surface area contributed by atoms with E-state index in [0.717, 1.165) is 6.54 Å². The summed E-state index contributed by atoms with van der Waals surface area (Å²) in [5, 5.41) is 3.90. The predicted octanol–water partition coefficient (Wildman–Crippen LogP) is 1.78. The van der Waals surface area contributed by atoms with Crippen LogP contribution in [-0.4, -0.2) is 33.2 Å². The minimum Gasteiger partial charge on any atom is -0.377 e. The summed E-state index contributed by atoms with van der Waals surface area (Å²) in [6.45, 7) is 1.95. The van der Waals surface area contributed by atoms with Crippen LogP contribution < -0.4 is 0 Å². The van der Waals surface area contributed by atoms with Crippen LogP contribution in [0.5, 0.6) is 0 Å². The van der Waals surface area contributed by atoms with Gasteiger partial charge in [-0.25, -0.2) is 0 Å². The van der Waals surface area contributed by atoms with Crippen LogP contribution in [0.2, 0.25) is 0 Å². The van der Waals surface area contributed by atoms with E-state index < -0.39 is 0 Å². The summed E-state index contributed by atoms with van der Waals surface area (Å²) < 4.78 is 10.3.